The van der Waals surface area contributed by atoms with Crippen LogP contribution in [0.2, 0.25) is 0 Å². The predicted octanol–water partition coefficient (Wildman–Crippen LogP) is 20.6. The predicted molar refractivity (Wildman–Crippen MR) is 310 cm³/mol. The zero-order chi connectivity index (χ0) is 49.5. The number of hydrogen-bond donors (Lipinski definition) is 0. The number of carbonyl (C=O) groups excluding carboxylic acids is 2. The topological polar surface area (TPSA) is 40.6 Å². The van der Waals surface area contributed by atoms with Crippen LogP contribution in [-0.4, -0.2) is 24.9 Å². The first-order valence-corrected chi connectivity index (χ1v) is 31.0. The van der Waals surface area contributed by atoms with Gasteiger partial charge in [0.05, 0.1) is 32.3 Å². The summed E-state index contributed by atoms with van der Waals surface area (Å²) in [4.78, 5) is 39.5. The lowest BCUT2D eigenvalue weighted by atomic mass is 9.93. The molecule has 0 saturated heterocycles. The molecule has 0 aliphatic carbocycles. The number of rotatable bonds is 37. The molecule has 70 heavy (non-hydrogen) atoms. The van der Waals surface area contributed by atoms with E-state index in [2.05, 4.69) is 99.9 Å². The molecule has 0 radical (unpaired) electrons. The van der Waals surface area contributed by atoms with Crippen molar-refractivity contribution in [2.45, 2.75) is 247 Å². The van der Waals surface area contributed by atoms with Gasteiger partial charge in [-0.2, -0.15) is 0 Å². The van der Waals surface area contributed by atoms with Crippen LogP contribution in [0, 0.1) is 25.7 Å². The average molecular weight is 990 g/mol. The molecule has 2 amide bonds. The van der Waals surface area contributed by atoms with E-state index < -0.39 is 0 Å². The van der Waals surface area contributed by atoms with Crippen molar-refractivity contribution in [1.29, 1.82) is 0 Å². The minimum absolute atomic E-state index is 0.0513. The largest absolute Gasteiger partial charge is 0.307 e. The van der Waals surface area contributed by atoms with Crippen molar-refractivity contribution in [3.63, 3.8) is 0 Å². The van der Waals surface area contributed by atoms with E-state index >= 15 is 9.59 Å². The number of aryl methyl sites for hydroxylation is 2. The first-order chi connectivity index (χ1) is 34.3. The Kier molecular flexibility index (Phi) is 24.6. The van der Waals surface area contributed by atoms with Crippen LogP contribution in [0.25, 0.3) is 32.4 Å². The number of hydrogen-bond acceptors (Lipinski definition) is 4. The number of thiophene rings is 2. The Morgan fingerprint density at radius 2 is 0.786 bits per heavy atom. The average Bonchev–Trinajstić information content (AvgIpc) is 4.08. The Morgan fingerprint density at radius 3 is 1.23 bits per heavy atom. The van der Waals surface area contributed by atoms with E-state index in [1.807, 2.05) is 0 Å². The van der Waals surface area contributed by atoms with Crippen molar-refractivity contribution in [3.05, 3.63) is 68.7 Å². The molecule has 2 aromatic heterocycles. The Morgan fingerprint density at radius 1 is 0.414 bits per heavy atom. The highest BCUT2D eigenvalue weighted by molar-refractivity contribution is 7.18. The fraction of sp³-hybridized carbons (Fsp3) is 0.656. The normalized spacial score (nSPS) is 15.5. The van der Waals surface area contributed by atoms with Crippen molar-refractivity contribution in [1.82, 2.24) is 0 Å². The van der Waals surface area contributed by atoms with E-state index in [1.54, 1.807) is 22.7 Å². The molecule has 4 aromatic rings. The molecule has 0 spiro atoms. The van der Waals surface area contributed by atoms with Crippen molar-refractivity contribution >= 4 is 67.8 Å². The Labute approximate surface area is 435 Å². The van der Waals surface area contributed by atoms with Gasteiger partial charge in [0.1, 0.15) is 0 Å². The van der Waals surface area contributed by atoms with Gasteiger partial charge in [0, 0.05) is 22.8 Å². The zero-order valence-corrected chi connectivity index (χ0v) is 47.0. The highest BCUT2D eigenvalue weighted by Crippen LogP contribution is 2.54. The van der Waals surface area contributed by atoms with Gasteiger partial charge in [-0.25, -0.2) is 0 Å². The van der Waals surface area contributed by atoms with Gasteiger partial charge in [-0.1, -0.05) is 243 Å². The lowest BCUT2D eigenvalue weighted by Gasteiger charge is -2.25. The monoisotopic (exact) mass is 989 g/mol. The van der Waals surface area contributed by atoms with Crippen molar-refractivity contribution < 1.29 is 9.59 Å². The number of unbranched alkanes of at least 4 members (excludes halogenated alkanes) is 24. The van der Waals surface area contributed by atoms with E-state index in [1.165, 1.54) is 224 Å². The molecule has 4 nitrogen and oxygen atoms in total. The van der Waals surface area contributed by atoms with Crippen LogP contribution in [-0.2, 0) is 9.59 Å². The third kappa shape index (κ3) is 16.4. The van der Waals surface area contributed by atoms with Crippen LogP contribution in [0.1, 0.15) is 253 Å². The van der Waals surface area contributed by atoms with Crippen LogP contribution < -0.4 is 9.80 Å². The molecular weight excluding hydrogens is 893 g/mol. The number of carbonyl (C=O) groups is 2. The van der Waals surface area contributed by atoms with Gasteiger partial charge in [-0.15, -0.1) is 22.7 Å². The molecule has 2 atom stereocenters. The molecule has 0 fully saturated rings. The molecule has 2 unspecified atom stereocenters. The van der Waals surface area contributed by atoms with E-state index in [0.29, 0.717) is 23.0 Å². The highest BCUT2D eigenvalue weighted by atomic mass is 32.1. The summed E-state index contributed by atoms with van der Waals surface area (Å²) in [5.74, 6) is 1.01. The van der Waals surface area contributed by atoms with Crippen LogP contribution in [0.4, 0.5) is 11.4 Å². The molecule has 2 aliphatic rings. The highest BCUT2D eigenvalue weighted by Gasteiger charge is 2.45. The second kappa shape index (κ2) is 30.7. The van der Waals surface area contributed by atoms with Crippen molar-refractivity contribution in [3.8, 4) is 10.4 Å². The summed E-state index contributed by atoms with van der Waals surface area (Å²) < 4.78 is 0. The van der Waals surface area contributed by atoms with Crippen LogP contribution in [0.5, 0.6) is 0 Å². The summed E-state index contributed by atoms with van der Waals surface area (Å²) in [7, 11) is 0. The number of fused-ring (bicyclic) bond motifs is 3. The maximum absolute atomic E-state index is 15.5. The minimum Gasteiger partial charge on any atom is -0.307 e. The molecule has 2 aromatic carbocycles. The first kappa shape index (κ1) is 56.1. The number of nitrogens with zero attached hydrogens (tertiary/aromatic N) is 2. The van der Waals surface area contributed by atoms with Gasteiger partial charge >= 0.3 is 0 Å². The third-order valence-electron chi connectivity index (χ3n) is 15.8. The van der Waals surface area contributed by atoms with E-state index in [9.17, 15) is 0 Å². The van der Waals surface area contributed by atoms with Gasteiger partial charge < -0.3 is 9.80 Å². The van der Waals surface area contributed by atoms with Gasteiger partial charge in [0.15, 0.2) is 0 Å². The quantitative estimate of drug-likeness (QED) is 0.0334. The van der Waals surface area contributed by atoms with Gasteiger partial charge in [-0.3, -0.25) is 9.59 Å². The smallest absolute Gasteiger partial charge is 0.260 e. The van der Waals surface area contributed by atoms with Crippen LogP contribution in [0.3, 0.4) is 0 Å². The van der Waals surface area contributed by atoms with Gasteiger partial charge in [-0.05, 0) is 85.9 Å². The molecule has 6 heteroatoms. The van der Waals surface area contributed by atoms with Crippen LogP contribution in [0.15, 0.2) is 48.5 Å². The zero-order valence-electron chi connectivity index (χ0n) is 45.3. The van der Waals surface area contributed by atoms with Gasteiger partial charge in [0.25, 0.3) is 11.8 Å². The number of benzene rings is 2. The molecule has 6 rings (SSSR count). The van der Waals surface area contributed by atoms with Crippen LogP contribution >= 0.6 is 22.7 Å². The minimum atomic E-state index is 0.0513. The summed E-state index contributed by atoms with van der Waals surface area (Å²) in [5, 5.41) is 2.48. The second-order valence-corrected chi connectivity index (χ2v) is 24.2. The molecular formula is C64H96N2O2S2. The fourth-order valence-electron chi connectivity index (χ4n) is 11.5. The first-order valence-electron chi connectivity index (χ1n) is 29.4. The summed E-state index contributed by atoms with van der Waals surface area (Å²) in [6, 6.07) is 18.1. The lowest BCUT2D eigenvalue weighted by Crippen LogP contribution is -2.34. The molecule has 0 bridgehead atoms. The molecule has 0 saturated carbocycles. The number of anilines is 2. The molecule has 0 N–H and O–H groups in total. The van der Waals surface area contributed by atoms with Gasteiger partial charge in [0.2, 0.25) is 0 Å². The van der Waals surface area contributed by atoms with Crippen molar-refractivity contribution in [2.24, 2.45) is 11.8 Å². The van der Waals surface area contributed by atoms with Crippen molar-refractivity contribution in [2.75, 3.05) is 22.9 Å². The second-order valence-electron chi connectivity index (χ2n) is 21.9. The summed E-state index contributed by atoms with van der Waals surface area (Å²) in [6.45, 7) is 15.0. The Balaban J connectivity index is 1.30. The lowest BCUT2D eigenvalue weighted by molar-refractivity contribution is -0.114. The Bertz CT molecular complexity index is 2210. The van der Waals surface area contributed by atoms with E-state index in [4.69, 9.17) is 0 Å². The van der Waals surface area contributed by atoms with E-state index in [0.717, 1.165) is 47.1 Å². The van der Waals surface area contributed by atoms with E-state index in [-0.39, 0.29) is 11.8 Å². The third-order valence-corrected chi connectivity index (χ3v) is 18.0. The molecule has 4 heterocycles. The molecule has 386 valence electrons. The maximum atomic E-state index is 15.5. The summed E-state index contributed by atoms with van der Waals surface area (Å²) >= 11 is 3.45. The molecule has 2 aliphatic heterocycles. The summed E-state index contributed by atoms with van der Waals surface area (Å²) in [6.07, 6.45) is 41.2. The SMILES string of the molecule is CCCCCCCCCCC(CCCCCCCC)CN1C(=O)/C(=C2/C(=O)N(CC(CCCCCCCC)CCCCCCCCCC)c3cc(-c4ccc5cc(C)ccc5c4)sc32)c2sc(C)cc21. The maximum Gasteiger partial charge on any atom is 0.260 e. The Hall–Kier alpha value is -3.22. The summed E-state index contributed by atoms with van der Waals surface area (Å²) in [5.41, 5.74) is 5.86. The standard InChI is InChI=1S/C64H96N2O2S2/c1-7-11-15-19-23-25-29-33-37-51(35-31-27-21-17-13-9-3)47-65-56-44-50(6)69-61(56)59(63(65)67)60-62-57(46-58(70-62)55-42-41-53-43-49(5)39-40-54(53)45-55)66(64(60)68)48-52(36-32-28-22-18-14-10-4)38-34-30-26-24-20-16-12-8-2/h39-46,51-52H,7-38,47-48H2,1-6H3/b60-59+. The number of amides is 2. The fourth-order valence-corrected chi connectivity index (χ4v) is 13.8.